The van der Waals surface area contributed by atoms with Crippen LogP contribution in [0.2, 0.25) is 5.02 Å². The van der Waals surface area contributed by atoms with Gasteiger partial charge in [-0.25, -0.2) is 14.8 Å². The number of carboxylic acid groups (broad SMARTS) is 1. The summed E-state index contributed by atoms with van der Waals surface area (Å²) >= 11 is 6.01. The number of hydrogen-bond donors (Lipinski definition) is 1. The van der Waals surface area contributed by atoms with Gasteiger partial charge in [0.1, 0.15) is 0 Å². The summed E-state index contributed by atoms with van der Waals surface area (Å²) in [6, 6.07) is 21.7. The largest absolute Gasteiger partial charge is 0.478 e. The van der Waals surface area contributed by atoms with Crippen LogP contribution in [0.25, 0.3) is 33.5 Å². The monoisotopic (exact) mass is 360 g/mol. The minimum absolute atomic E-state index is 0.208. The van der Waals surface area contributed by atoms with E-state index < -0.39 is 5.97 Å². The van der Waals surface area contributed by atoms with Crippen molar-refractivity contribution in [2.75, 3.05) is 0 Å². The molecule has 0 unspecified atom stereocenters. The standard InChI is InChI=1S/C21H13ClN2O2/c22-16-10-8-13(9-11-16)19-20(14-4-3-5-15(12-14)21(25)26)24-18-7-2-1-6-17(18)23-19/h1-12H,(H,25,26). The first-order valence-corrected chi connectivity index (χ1v) is 8.36. The summed E-state index contributed by atoms with van der Waals surface area (Å²) in [7, 11) is 0. The van der Waals surface area contributed by atoms with Crippen molar-refractivity contribution in [3.63, 3.8) is 0 Å². The molecular formula is C21H13ClN2O2. The summed E-state index contributed by atoms with van der Waals surface area (Å²) in [6.45, 7) is 0. The molecule has 0 atom stereocenters. The molecule has 4 rings (SSSR count). The molecule has 0 saturated heterocycles. The zero-order valence-corrected chi connectivity index (χ0v) is 14.3. The fraction of sp³-hybridized carbons (Fsp3) is 0. The SMILES string of the molecule is O=C(O)c1cccc(-c2nc3ccccc3nc2-c2ccc(Cl)cc2)c1. The second kappa shape index (κ2) is 6.58. The lowest BCUT2D eigenvalue weighted by Gasteiger charge is -2.11. The van der Waals surface area contributed by atoms with Crippen molar-refractivity contribution in [2.24, 2.45) is 0 Å². The number of halogens is 1. The molecule has 0 saturated carbocycles. The van der Waals surface area contributed by atoms with Crippen LogP contribution in [-0.2, 0) is 0 Å². The highest BCUT2D eigenvalue weighted by atomic mass is 35.5. The number of benzene rings is 3. The van der Waals surface area contributed by atoms with Gasteiger partial charge in [-0.05, 0) is 36.4 Å². The van der Waals surface area contributed by atoms with Crippen LogP contribution in [0.5, 0.6) is 0 Å². The summed E-state index contributed by atoms with van der Waals surface area (Å²) in [5.74, 6) is -0.978. The first-order chi connectivity index (χ1) is 12.6. The van der Waals surface area contributed by atoms with Crippen molar-refractivity contribution in [3.05, 3.63) is 83.4 Å². The predicted molar refractivity (Wildman–Crippen MR) is 102 cm³/mol. The van der Waals surface area contributed by atoms with Gasteiger partial charge in [-0.15, -0.1) is 0 Å². The van der Waals surface area contributed by atoms with E-state index >= 15 is 0 Å². The average Bonchev–Trinajstić information content (AvgIpc) is 2.67. The Bertz CT molecular complexity index is 1120. The second-order valence-corrected chi connectivity index (χ2v) is 6.24. The maximum atomic E-state index is 11.3. The fourth-order valence-corrected chi connectivity index (χ4v) is 2.94. The third-order valence-corrected chi connectivity index (χ3v) is 4.32. The highest BCUT2D eigenvalue weighted by Gasteiger charge is 2.14. The first kappa shape index (κ1) is 16.2. The van der Waals surface area contributed by atoms with Gasteiger partial charge in [-0.1, -0.05) is 48.0 Å². The predicted octanol–water partition coefficient (Wildman–Crippen LogP) is 5.32. The van der Waals surface area contributed by atoms with Crippen LogP contribution >= 0.6 is 11.6 Å². The Morgan fingerprint density at radius 2 is 1.38 bits per heavy atom. The Hall–Kier alpha value is -3.24. The zero-order valence-electron chi connectivity index (χ0n) is 13.6. The van der Waals surface area contributed by atoms with Crippen molar-refractivity contribution >= 4 is 28.6 Å². The van der Waals surface area contributed by atoms with Crippen LogP contribution in [-0.4, -0.2) is 21.0 Å². The molecule has 4 aromatic rings. The van der Waals surface area contributed by atoms with Gasteiger partial charge in [-0.2, -0.15) is 0 Å². The lowest BCUT2D eigenvalue weighted by atomic mass is 10.0. The lowest BCUT2D eigenvalue weighted by Crippen LogP contribution is -1.99. The Labute approximate surface area is 154 Å². The van der Waals surface area contributed by atoms with Crippen molar-refractivity contribution in [3.8, 4) is 22.5 Å². The van der Waals surface area contributed by atoms with Gasteiger partial charge in [0.25, 0.3) is 0 Å². The fourth-order valence-electron chi connectivity index (χ4n) is 2.81. The van der Waals surface area contributed by atoms with Crippen molar-refractivity contribution in [1.29, 1.82) is 0 Å². The lowest BCUT2D eigenvalue weighted by molar-refractivity contribution is 0.0697. The number of aromatic nitrogens is 2. The number of carbonyl (C=O) groups is 1. The number of carboxylic acids is 1. The summed E-state index contributed by atoms with van der Waals surface area (Å²) < 4.78 is 0. The van der Waals surface area contributed by atoms with Crippen molar-refractivity contribution in [1.82, 2.24) is 9.97 Å². The number of aromatic carboxylic acids is 1. The van der Waals surface area contributed by atoms with Gasteiger partial charge in [-0.3, -0.25) is 0 Å². The second-order valence-electron chi connectivity index (χ2n) is 5.80. The molecule has 0 aliphatic heterocycles. The minimum atomic E-state index is -0.978. The summed E-state index contributed by atoms with van der Waals surface area (Å²) in [6.07, 6.45) is 0. The normalized spacial score (nSPS) is 10.8. The van der Waals surface area contributed by atoms with Crippen LogP contribution in [0.1, 0.15) is 10.4 Å². The van der Waals surface area contributed by atoms with E-state index in [9.17, 15) is 9.90 Å². The molecule has 126 valence electrons. The maximum Gasteiger partial charge on any atom is 0.335 e. The number of para-hydroxylation sites is 2. The van der Waals surface area contributed by atoms with Gasteiger partial charge in [0.15, 0.2) is 0 Å². The van der Waals surface area contributed by atoms with Crippen molar-refractivity contribution in [2.45, 2.75) is 0 Å². The molecule has 0 spiro atoms. The van der Waals surface area contributed by atoms with Gasteiger partial charge < -0.3 is 5.11 Å². The maximum absolute atomic E-state index is 11.3. The summed E-state index contributed by atoms with van der Waals surface area (Å²) in [5, 5.41) is 9.93. The molecule has 1 heterocycles. The van der Waals surface area contributed by atoms with Gasteiger partial charge in [0, 0.05) is 16.1 Å². The third-order valence-electron chi connectivity index (χ3n) is 4.07. The third kappa shape index (κ3) is 3.03. The van der Waals surface area contributed by atoms with E-state index in [1.54, 1.807) is 30.3 Å². The van der Waals surface area contributed by atoms with E-state index in [0.717, 1.165) is 16.6 Å². The van der Waals surface area contributed by atoms with E-state index in [2.05, 4.69) is 0 Å². The molecular weight excluding hydrogens is 348 g/mol. The van der Waals surface area contributed by atoms with Crippen molar-refractivity contribution < 1.29 is 9.90 Å². The summed E-state index contributed by atoms with van der Waals surface area (Å²) in [4.78, 5) is 20.9. The smallest absolute Gasteiger partial charge is 0.335 e. The highest BCUT2D eigenvalue weighted by molar-refractivity contribution is 6.30. The van der Waals surface area contributed by atoms with E-state index in [-0.39, 0.29) is 5.56 Å². The molecule has 1 aromatic heterocycles. The van der Waals surface area contributed by atoms with Gasteiger partial charge in [0.2, 0.25) is 0 Å². The molecule has 0 radical (unpaired) electrons. The molecule has 5 heteroatoms. The number of rotatable bonds is 3. The van der Waals surface area contributed by atoms with E-state index in [1.165, 1.54) is 0 Å². The van der Waals surface area contributed by atoms with E-state index in [4.69, 9.17) is 21.6 Å². The average molecular weight is 361 g/mol. The molecule has 0 bridgehead atoms. The van der Waals surface area contributed by atoms with E-state index in [1.807, 2.05) is 42.5 Å². The molecule has 0 aliphatic rings. The topological polar surface area (TPSA) is 63.1 Å². The number of nitrogens with zero attached hydrogens (tertiary/aromatic N) is 2. The Morgan fingerprint density at radius 3 is 2.00 bits per heavy atom. The zero-order chi connectivity index (χ0) is 18.1. The van der Waals surface area contributed by atoms with Gasteiger partial charge in [0.05, 0.1) is 28.0 Å². The molecule has 0 fully saturated rings. The van der Waals surface area contributed by atoms with Crippen LogP contribution in [0.4, 0.5) is 0 Å². The number of fused-ring (bicyclic) bond motifs is 1. The Morgan fingerprint density at radius 1 is 0.769 bits per heavy atom. The molecule has 3 aromatic carbocycles. The molecule has 0 aliphatic carbocycles. The van der Waals surface area contributed by atoms with Crippen LogP contribution in [0, 0.1) is 0 Å². The highest BCUT2D eigenvalue weighted by Crippen LogP contribution is 2.32. The molecule has 1 N–H and O–H groups in total. The molecule has 4 nitrogen and oxygen atoms in total. The van der Waals surface area contributed by atoms with Gasteiger partial charge >= 0.3 is 5.97 Å². The van der Waals surface area contributed by atoms with E-state index in [0.29, 0.717) is 22.0 Å². The summed E-state index contributed by atoms with van der Waals surface area (Å²) in [5.41, 5.74) is 4.62. The Kier molecular flexibility index (Phi) is 4.11. The van der Waals surface area contributed by atoms with Crippen LogP contribution in [0.3, 0.4) is 0 Å². The first-order valence-electron chi connectivity index (χ1n) is 7.98. The van der Waals surface area contributed by atoms with Crippen LogP contribution in [0.15, 0.2) is 72.8 Å². The minimum Gasteiger partial charge on any atom is -0.478 e. The molecule has 26 heavy (non-hydrogen) atoms. The number of hydrogen-bond acceptors (Lipinski definition) is 3. The molecule has 0 amide bonds. The quantitative estimate of drug-likeness (QED) is 0.537. The van der Waals surface area contributed by atoms with Crippen LogP contribution < -0.4 is 0 Å². The Balaban J connectivity index is 2.00.